The third-order valence-corrected chi connectivity index (χ3v) is 1.96. The number of benzene rings is 1. The van der Waals surface area contributed by atoms with Crippen LogP contribution in [0.2, 0.25) is 0 Å². The molecule has 0 saturated carbocycles. The van der Waals surface area contributed by atoms with Crippen LogP contribution in [0.15, 0.2) is 36.4 Å². The van der Waals surface area contributed by atoms with Crippen molar-refractivity contribution in [3.05, 3.63) is 42.1 Å². The Morgan fingerprint density at radius 1 is 0.929 bits per heavy atom. The van der Waals surface area contributed by atoms with Gasteiger partial charge in [-0.05, 0) is 43.3 Å². The SMILES string of the molecule is Cc1ccc(-c2ccc(O)cc2)nn1. The van der Waals surface area contributed by atoms with Gasteiger partial charge in [-0.15, -0.1) is 0 Å². The van der Waals surface area contributed by atoms with Gasteiger partial charge >= 0.3 is 0 Å². The van der Waals surface area contributed by atoms with E-state index in [0.29, 0.717) is 0 Å². The molecule has 0 amide bonds. The lowest BCUT2D eigenvalue weighted by molar-refractivity contribution is 0.475. The molecule has 0 atom stereocenters. The minimum absolute atomic E-state index is 0.258. The summed E-state index contributed by atoms with van der Waals surface area (Å²) < 4.78 is 0. The van der Waals surface area contributed by atoms with Crippen molar-refractivity contribution in [2.75, 3.05) is 0 Å². The Morgan fingerprint density at radius 2 is 1.64 bits per heavy atom. The highest BCUT2D eigenvalue weighted by Gasteiger charge is 1.98. The molecule has 2 aromatic rings. The van der Waals surface area contributed by atoms with Crippen LogP contribution in [0, 0.1) is 6.92 Å². The first-order valence-corrected chi connectivity index (χ1v) is 4.35. The average molecular weight is 186 g/mol. The maximum absolute atomic E-state index is 9.11. The zero-order chi connectivity index (χ0) is 9.97. The van der Waals surface area contributed by atoms with E-state index in [-0.39, 0.29) is 5.75 Å². The van der Waals surface area contributed by atoms with Crippen LogP contribution < -0.4 is 0 Å². The standard InChI is InChI=1S/C11H10N2O/c1-8-2-7-11(13-12-8)9-3-5-10(14)6-4-9/h2-7,14H,1H3. The van der Waals surface area contributed by atoms with E-state index >= 15 is 0 Å². The molecule has 0 radical (unpaired) electrons. The Kier molecular flexibility index (Phi) is 2.14. The summed E-state index contributed by atoms with van der Waals surface area (Å²) in [5.74, 6) is 0.258. The topological polar surface area (TPSA) is 46.0 Å². The summed E-state index contributed by atoms with van der Waals surface area (Å²) in [6.07, 6.45) is 0. The minimum Gasteiger partial charge on any atom is -0.508 e. The van der Waals surface area contributed by atoms with E-state index in [4.69, 9.17) is 5.11 Å². The summed E-state index contributed by atoms with van der Waals surface area (Å²) in [7, 11) is 0. The molecular formula is C11H10N2O. The number of aryl methyl sites for hydroxylation is 1. The molecule has 2 rings (SSSR count). The van der Waals surface area contributed by atoms with Gasteiger partial charge in [0.2, 0.25) is 0 Å². The second kappa shape index (κ2) is 3.46. The third-order valence-electron chi connectivity index (χ3n) is 1.96. The number of rotatable bonds is 1. The van der Waals surface area contributed by atoms with Gasteiger partial charge in [-0.2, -0.15) is 10.2 Å². The molecule has 3 heteroatoms. The monoisotopic (exact) mass is 186 g/mol. The van der Waals surface area contributed by atoms with Crippen molar-refractivity contribution < 1.29 is 5.11 Å². The Labute approximate surface area is 82.1 Å². The van der Waals surface area contributed by atoms with Crippen molar-refractivity contribution in [2.45, 2.75) is 6.92 Å². The molecule has 1 N–H and O–H groups in total. The van der Waals surface area contributed by atoms with Crippen molar-refractivity contribution in [1.82, 2.24) is 10.2 Å². The van der Waals surface area contributed by atoms with Crippen LogP contribution in [-0.2, 0) is 0 Å². The second-order valence-electron chi connectivity index (χ2n) is 3.11. The normalized spacial score (nSPS) is 10.1. The molecule has 0 aliphatic carbocycles. The number of hydrogen-bond acceptors (Lipinski definition) is 3. The Hall–Kier alpha value is -1.90. The molecule has 0 aliphatic rings. The number of phenols is 1. The predicted molar refractivity (Wildman–Crippen MR) is 53.9 cm³/mol. The van der Waals surface area contributed by atoms with Crippen LogP contribution in [0.4, 0.5) is 0 Å². The van der Waals surface area contributed by atoms with Gasteiger partial charge in [0.1, 0.15) is 5.75 Å². The van der Waals surface area contributed by atoms with Gasteiger partial charge in [0, 0.05) is 5.56 Å². The molecule has 14 heavy (non-hydrogen) atoms. The highest BCUT2D eigenvalue weighted by Crippen LogP contribution is 2.18. The lowest BCUT2D eigenvalue weighted by Crippen LogP contribution is -1.88. The minimum atomic E-state index is 0.258. The summed E-state index contributed by atoms with van der Waals surface area (Å²) in [6.45, 7) is 1.90. The van der Waals surface area contributed by atoms with Crippen LogP contribution in [-0.4, -0.2) is 15.3 Å². The van der Waals surface area contributed by atoms with Crippen LogP contribution >= 0.6 is 0 Å². The first kappa shape index (κ1) is 8.69. The Bertz CT molecular complexity index is 377. The molecule has 0 aliphatic heterocycles. The quantitative estimate of drug-likeness (QED) is 0.742. The fourth-order valence-corrected chi connectivity index (χ4v) is 1.19. The predicted octanol–water partition coefficient (Wildman–Crippen LogP) is 2.16. The second-order valence-corrected chi connectivity index (χ2v) is 3.11. The van der Waals surface area contributed by atoms with Crippen molar-refractivity contribution in [2.24, 2.45) is 0 Å². The summed E-state index contributed by atoms with van der Waals surface area (Å²) >= 11 is 0. The third kappa shape index (κ3) is 1.71. The van der Waals surface area contributed by atoms with Crippen molar-refractivity contribution in [3.8, 4) is 17.0 Å². The van der Waals surface area contributed by atoms with E-state index in [9.17, 15) is 0 Å². The van der Waals surface area contributed by atoms with E-state index in [2.05, 4.69) is 10.2 Å². The van der Waals surface area contributed by atoms with Gasteiger partial charge in [-0.25, -0.2) is 0 Å². The van der Waals surface area contributed by atoms with Gasteiger partial charge in [-0.3, -0.25) is 0 Å². The average Bonchev–Trinajstić information content (AvgIpc) is 2.21. The maximum atomic E-state index is 9.11. The van der Waals surface area contributed by atoms with Crippen LogP contribution in [0.1, 0.15) is 5.69 Å². The maximum Gasteiger partial charge on any atom is 0.115 e. The molecule has 0 fully saturated rings. The number of aromatic nitrogens is 2. The molecule has 70 valence electrons. The van der Waals surface area contributed by atoms with E-state index in [1.165, 1.54) is 0 Å². The molecule has 0 saturated heterocycles. The fraction of sp³-hybridized carbons (Fsp3) is 0.0909. The summed E-state index contributed by atoms with van der Waals surface area (Å²) in [4.78, 5) is 0. The number of hydrogen-bond donors (Lipinski definition) is 1. The number of phenolic OH excluding ortho intramolecular Hbond substituents is 1. The zero-order valence-corrected chi connectivity index (χ0v) is 7.81. The summed E-state index contributed by atoms with van der Waals surface area (Å²) in [6, 6.07) is 10.7. The molecule has 3 nitrogen and oxygen atoms in total. The summed E-state index contributed by atoms with van der Waals surface area (Å²) in [5.41, 5.74) is 2.67. The zero-order valence-electron chi connectivity index (χ0n) is 7.81. The molecule has 0 spiro atoms. The number of aromatic hydroxyl groups is 1. The van der Waals surface area contributed by atoms with Crippen LogP contribution in [0.5, 0.6) is 5.75 Å². The molecule has 1 heterocycles. The Morgan fingerprint density at radius 3 is 2.21 bits per heavy atom. The largest absolute Gasteiger partial charge is 0.508 e. The van der Waals surface area contributed by atoms with Crippen LogP contribution in [0.25, 0.3) is 11.3 Å². The van der Waals surface area contributed by atoms with E-state index in [1.54, 1.807) is 12.1 Å². The van der Waals surface area contributed by atoms with Gasteiger partial charge in [0.05, 0.1) is 11.4 Å². The van der Waals surface area contributed by atoms with Crippen molar-refractivity contribution in [3.63, 3.8) is 0 Å². The van der Waals surface area contributed by atoms with E-state index in [0.717, 1.165) is 17.0 Å². The lowest BCUT2D eigenvalue weighted by Gasteiger charge is -1.99. The Balaban J connectivity index is 2.40. The van der Waals surface area contributed by atoms with Crippen molar-refractivity contribution >= 4 is 0 Å². The van der Waals surface area contributed by atoms with E-state index < -0.39 is 0 Å². The lowest BCUT2D eigenvalue weighted by atomic mass is 10.1. The van der Waals surface area contributed by atoms with Gasteiger partial charge < -0.3 is 5.11 Å². The van der Waals surface area contributed by atoms with Gasteiger partial charge in [0.25, 0.3) is 0 Å². The smallest absolute Gasteiger partial charge is 0.115 e. The highest BCUT2D eigenvalue weighted by molar-refractivity contribution is 5.59. The fourth-order valence-electron chi connectivity index (χ4n) is 1.19. The summed E-state index contributed by atoms with van der Waals surface area (Å²) in [5, 5.41) is 17.1. The molecule has 1 aromatic heterocycles. The van der Waals surface area contributed by atoms with Crippen molar-refractivity contribution in [1.29, 1.82) is 0 Å². The molecular weight excluding hydrogens is 176 g/mol. The van der Waals surface area contributed by atoms with Gasteiger partial charge in [0.15, 0.2) is 0 Å². The van der Waals surface area contributed by atoms with Gasteiger partial charge in [-0.1, -0.05) is 0 Å². The highest BCUT2D eigenvalue weighted by atomic mass is 16.3. The van der Waals surface area contributed by atoms with Crippen LogP contribution in [0.3, 0.4) is 0 Å². The number of nitrogens with zero attached hydrogens (tertiary/aromatic N) is 2. The first-order chi connectivity index (χ1) is 6.75. The first-order valence-electron chi connectivity index (χ1n) is 4.35. The molecule has 0 bridgehead atoms. The molecule has 1 aromatic carbocycles. The van der Waals surface area contributed by atoms with E-state index in [1.807, 2.05) is 31.2 Å². The molecule has 0 unspecified atom stereocenters.